The molecule has 142 heavy (non-hydrogen) atoms. The Bertz CT molecular complexity index is 4140. The highest BCUT2D eigenvalue weighted by Crippen LogP contribution is 2.61. The second-order valence-electron chi connectivity index (χ2n) is 46.5. The maximum atomic E-state index is 13.8. The zero-order chi connectivity index (χ0) is 112. The normalized spacial score (nSPS) is 22.0. The lowest BCUT2D eigenvalue weighted by molar-refractivity contribution is -0.256. The molecule has 6 fully saturated rings. The molecule has 6 rings (SSSR count). The van der Waals surface area contributed by atoms with Gasteiger partial charge in [0.25, 0.3) is 0 Å². The highest BCUT2D eigenvalue weighted by atomic mass is 19.4. The topological polar surface area (TPSA) is 429 Å². The molecule has 4 saturated carbocycles. The molecule has 0 amide bonds. The molecule has 41 heteroatoms. The Kier molecular flexibility index (Phi) is 45.9. The fraction of sp³-hybridized carbons (Fsp3) is 0.861. The number of hydrogen-bond acceptors (Lipinski definition) is 31. The van der Waals surface area contributed by atoms with Crippen molar-refractivity contribution in [3.63, 3.8) is 0 Å². The fourth-order valence-corrected chi connectivity index (χ4v) is 13.9. The van der Waals surface area contributed by atoms with Crippen LogP contribution in [-0.4, -0.2) is 227 Å². The molecule has 0 radical (unpaired) electrons. The predicted molar refractivity (Wildman–Crippen MR) is 495 cm³/mol. The quantitative estimate of drug-likeness (QED) is 0.0291. The van der Waals surface area contributed by atoms with Crippen LogP contribution in [0.1, 0.15) is 327 Å². The summed E-state index contributed by atoms with van der Waals surface area (Å²) in [6.45, 7) is 60.4. The van der Waals surface area contributed by atoms with Gasteiger partial charge in [0.15, 0.2) is 35.1 Å². The van der Waals surface area contributed by atoms with Crippen molar-refractivity contribution in [2.24, 2.45) is 102 Å². The molecular formula is C101H164F10O31. The molecule has 0 aromatic carbocycles. The van der Waals surface area contributed by atoms with Crippen molar-refractivity contribution in [3.8, 4) is 0 Å². The third-order valence-corrected chi connectivity index (χ3v) is 27.3. The standard InChI is InChI=1S/C19H34O8.2C18H23F3O6.C17H32O4.C15H28O5.C14H24F4O2/c1-9-16(2,3)13(20)25-10-19(8,11-26-14(21)17(4,5)23)12-27-15(22)18(6,7)24;2*1-5-17(3,4)16(24)27-13-9-6-8-11(15(23)26-12(8)13)10(9)14(22)25-7(2)18(19,20)21;1-10-15(4,5)14(19)21-17(8,9)16(6,7)20-13(18)11-12(2)3;1-8-14(4,5)11(16)19-9-13(2,3)10-20-12(17)15(6,7)18;1-7-12(4,5)11(19)20-10(8-9(2)3)14(17,18)13(6,15)16/h23-24H,9-12H2,1-8H3;2*7-13H,5-6H2,1-4H3;12H,10-11H2,1-9H3;18H,8-10H2,1-7H3;9-10H,7-8H2,1-6H3. The Morgan fingerprint density at radius 3 is 0.908 bits per heavy atom. The van der Waals surface area contributed by atoms with Gasteiger partial charge in [0.2, 0.25) is 0 Å². The molecule has 2 saturated heterocycles. The van der Waals surface area contributed by atoms with Crippen LogP contribution in [0.3, 0.4) is 0 Å². The van der Waals surface area contributed by atoms with Gasteiger partial charge in [-0.15, -0.1) is 0 Å². The molecule has 0 spiro atoms. The zero-order valence-electron chi connectivity index (χ0n) is 90.5. The minimum Gasteiger partial charge on any atom is -0.465 e. The molecule has 3 N–H and O–H groups in total. The zero-order valence-corrected chi connectivity index (χ0v) is 90.5. The maximum Gasteiger partial charge on any atom is 0.425 e. The van der Waals surface area contributed by atoms with Crippen LogP contribution < -0.4 is 0 Å². The molecule has 6 aliphatic rings. The smallest absolute Gasteiger partial charge is 0.425 e. The number of carbonyl (C=O) groups excluding carboxylic acids is 14. The van der Waals surface area contributed by atoms with Gasteiger partial charge < -0.3 is 81.6 Å². The number of carbonyl (C=O) groups is 14. The number of alkyl halides is 10. The summed E-state index contributed by atoms with van der Waals surface area (Å²) in [7, 11) is 0. The average molecular weight is 2060 g/mol. The first-order chi connectivity index (χ1) is 63.5. The van der Waals surface area contributed by atoms with Gasteiger partial charge in [-0.3, -0.25) is 52.7 Å². The van der Waals surface area contributed by atoms with Crippen molar-refractivity contribution in [1.82, 2.24) is 0 Å². The van der Waals surface area contributed by atoms with Gasteiger partial charge in [-0.2, -0.15) is 35.1 Å². The first-order valence-electron chi connectivity index (χ1n) is 48.4. The van der Waals surface area contributed by atoms with Gasteiger partial charge in [-0.05, 0) is 243 Å². The summed E-state index contributed by atoms with van der Waals surface area (Å²) in [6, 6.07) is 0. The minimum absolute atomic E-state index is 0.0790. The molecule has 4 bridgehead atoms. The predicted octanol–water partition coefficient (Wildman–Crippen LogP) is 18.0. The molecule has 0 aromatic rings. The third kappa shape index (κ3) is 36.7. The molecule has 15 unspecified atom stereocenters. The highest BCUT2D eigenvalue weighted by molar-refractivity contribution is 5.88. The van der Waals surface area contributed by atoms with Gasteiger partial charge in [-0.25, -0.2) is 23.2 Å². The van der Waals surface area contributed by atoms with Crippen LogP contribution in [0.4, 0.5) is 43.9 Å². The Labute approximate surface area is 830 Å². The van der Waals surface area contributed by atoms with Crippen molar-refractivity contribution in [2.75, 3.05) is 33.0 Å². The Balaban J connectivity index is 0.000000857. The molecular weight excluding hydrogens is 1900 g/mol. The summed E-state index contributed by atoms with van der Waals surface area (Å²) in [5, 5.41) is 28.9. The second-order valence-corrected chi connectivity index (χ2v) is 46.5. The molecule has 31 nitrogen and oxygen atoms in total. The number of hydrogen-bond donors (Lipinski definition) is 3. The summed E-state index contributed by atoms with van der Waals surface area (Å²) < 4.78 is 203. The maximum absolute atomic E-state index is 13.8. The van der Waals surface area contributed by atoms with Crippen LogP contribution in [0.2, 0.25) is 0 Å². The van der Waals surface area contributed by atoms with Gasteiger partial charge in [0, 0.05) is 42.4 Å². The first-order valence-corrected chi connectivity index (χ1v) is 48.4. The molecule has 4 aliphatic carbocycles. The lowest BCUT2D eigenvalue weighted by Gasteiger charge is -2.41. The monoisotopic (exact) mass is 2060 g/mol. The van der Waals surface area contributed by atoms with E-state index in [9.17, 15) is 126 Å². The summed E-state index contributed by atoms with van der Waals surface area (Å²) in [5.74, 6) is -23.4. The lowest BCUT2D eigenvalue weighted by atomic mass is 9.78. The van der Waals surface area contributed by atoms with E-state index in [0.717, 1.165) is 13.8 Å². The Morgan fingerprint density at radius 1 is 0.352 bits per heavy atom. The molecule has 15 atom stereocenters. The van der Waals surface area contributed by atoms with Gasteiger partial charge in [0.1, 0.15) is 55.4 Å². The average Bonchev–Trinajstić information content (AvgIpc) is 1.55. The van der Waals surface area contributed by atoms with E-state index in [-0.39, 0.29) is 88.0 Å². The number of rotatable bonds is 41. The number of ether oxygens (including phenoxy) is 14. The van der Waals surface area contributed by atoms with Crippen LogP contribution in [-0.2, 0) is 133 Å². The first kappa shape index (κ1) is 132. The molecule has 0 aromatic heterocycles. The van der Waals surface area contributed by atoms with Crippen molar-refractivity contribution >= 4 is 83.6 Å². The molecule has 2 aliphatic heterocycles. The molecule has 2 heterocycles. The summed E-state index contributed by atoms with van der Waals surface area (Å²) in [5.41, 5.74) is -12.5. The van der Waals surface area contributed by atoms with Crippen molar-refractivity contribution in [1.29, 1.82) is 0 Å². The van der Waals surface area contributed by atoms with E-state index >= 15 is 0 Å². The van der Waals surface area contributed by atoms with E-state index in [1.807, 2.05) is 90.0 Å². The van der Waals surface area contributed by atoms with Gasteiger partial charge >= 0.3 is 108 Å². The van der Waals surface area contributed by atoms with E-state index in [1.54, 1.807) is 96.9 Å². The Morgan fingerprint density at radius 2 is 0.627 bits per heavy atom. The lowest BCUT2D eigenvalue weighted by Crippen LogP contribution is -2.52. The number of aliphatic hydroxyl groups is 3. The van der Waals surface area contributed by atoms with Crippen LogP contribution in [0.25, 0.3) is 0 Å². The van der Waals surface area contributed by atoms with E-state index in [1.165, 1.54) is 55.4 Å². The van der Waals surface area contributed by atoms with Crippen LogP contribution in [0.5, 0.6) is 0 Å². The van der Waals surface area contributed by atoms with Gasteiger partial charge in [0.05, 0.1) is 74.8 Å². The summed E-state index contributed by atoms with van der Waals surface area (Å²) in [6.07, 6.45) is -14.9. The van der Waals surface area contributed by atoms with Gasteiger partial charge in [-0.1, -0.05) is 83.1 Å². The van der Waals surface area contributed by atoms with Crippen molar-refractivity contribution in [3.05, 3.63) is 0 Å². The highest BCUT2D eigenvalue weighted by Gasteiger charge is 2.73. The summed E-state index contributed by atoms with van der Waals surface area (Å²) >= 11 is 0. The number of fused-ring (bicyclic) bond motifs is 2. The SMILES string of the molecule is CCC(C)(C)C(=O)OC(C)(C)C(C)(C)OC(=O)CC(C)C.CCC(C)(C)C(=O)OC(CC(C)C)C(F)(F)C(C)(F)F.CCC(C)(C)C(=O)OC1C2CC3C1OC(=O)C3C2C(=O)OC(C)C(F)(F)F.CCC(C)(C)C(=O)OC1C2CC3C1OC(=O)C3C2C(=O)OC(C)C(F)(F)F.CCC(C)(C)C(=O)OCC(C)(C)COC(=O)C(C)(C)O.CCC(C)(C)C(=O)OCC(C)(COC(=O)C(C)(C)O)COC(=O)C(C)(C)O. The fourth-order valence-electron chi connectivity index (χ4n) is 13.9. The van der Waals surface area contributed by atoms with E-state index in [2.05, 4.69) is 9.47 Å². The van der Waals surface area contributed by atoms with E-state index < -0.39 is 239 Å². The van der Waals surface area contributed by atoms with Crippen LogP contribution in [0, 0.1) is 102 Å². The third-order valence-electron chi connectivity index (χ3n) is 27.3. The van der Waals surface area contributed by atoms with Crippen LogP contribution in [0.15, 0.2) is 0 Å². The molecule has 824 valence electrons. The van der Waals surface area contributed by atoms with Crippen molar-refractivity contribution in [2.45, 2.75) is 422 Å². The van der Waals surface area contributed by atoms with E-state index in [4.69, 9.17) is 56.8 Å². The van der Waals surface area contributed by atoms with E-state index in [0.29, 0.717) is 57.8 Å². The minimum atomic E-state index is -4.69. The van der Waals surface area contributed by atoms with Crippen LogP contribution >= 0.6 is 0 Å². The number of halogens is 10. The Hall–Kier alpha value is -8.24. The van der Waals surface area contributed by atoms with Crippen molar-refractivity contribution < 1.29 is 193 Å². The largest absolute Gasteiger partial charge is 0.465 e. The summed E-state index contributed by atoms with van der Waals surface area (Å²) in [4.78, 5) is 169. The second kappa shape index (κ2) is 49.5. The number of esters is 14.